The first-order valence-corrected chi connectivity index (χ1v) is 4.96. The predicted octanol–water partition coefficient (Wildman–Crippen LogP) is 2.36. The molecule has 0 atom stereocenters. The molecule has 0 unspecified atom stereocenters. The molecule has 0 amide bonds. The van der Waals surface area contributed by atoms with Gasteiger partial charge in [-0.3, -0.25) is 0 Å². The van der Waals surface area contributed by atoms with E-state index in [1.165, 1.54) is 12.1 Å². The van der Waals surface area contributed by atoms with E-state index in [9.17, 15) is 4.39 Å². The highest BCUT2D eigenvalue weighted by atomic mass is 32.1. The summed E-state index contributed by atoms with van der Waals surface area (Å²) < 4.78 is 22.4. The second kappa shape index (κ2) is 3.82. The quantitative estimate of drug-likeness (QED) is 0.797. The van der Waals surface area contributed by atoms with E-state index in [-0.39, 0.29) is 16.6 Å². The lowest BCUT2D eigenvalue weighted by Crippen LogP contribution is -1.94. The monoisotopic (exact) mass is 225 g/mol. The first kappa shape index (κ1) is 9.85. The molecule has 2 rings (SSSR count). The van der Waals surface area contributed by atoms with Crippen molar-refractivity contribution in [3.8, 4) is 10.9 Å². The fourth-order valence-electron chi connectivity index (χ4n) is 1.04. The van der Waals surface area contributed by atoms with E-state index in [0.717, 1.165) is 11.5 Å². The van der Waals surface area contributed by atoms with Crippen LogP contribution in [-0.2, 0) is 0 Å². The van der Waals surface area contributed by atoms with Gasteiger partial charge in [-0.25, -0.2) is 4.39 Å². The van der Waals surface area contributed by atoms with Crippen molar-refractivity contribution in [2.75, 3.05) is 5.73 Å². The highest BCUT2D eigenvalue weighted by molar-refractivity contribution is 7.07. The molecule has 0 radical (unpaired) electrons. The third kappa shape index (κ3) is 2.04. The van der Waals surface area contributed by atoms with Crippen LogP contribution < -0.4 is 10.5 Å². The molecule has 0 saturated carbocycles. The maximum atomic E-state index is 13.3. The minimum absolute atomic E-state index is 0.00588. The Kier molecular flexibility index (Phi) is 2.51. The first-order chi connectivity index (χ1) is 7.16. The van der Waals surface area contributed by atoms with Crippen molar-refractivity contribution in [1.82, 2.24) is 9.36 Å². The largest absolute Gasteiger partial charge is 0.424 e. The Labute approximate surface area is 89.7 Å². The maximum absolute atomic E-state index is 13.3. The normalized spacial score (nSPS) is 10.3. The van der Waals surface area contributed by atoms with Gasteiger partial charge in [0.2, 0.25) is 0 Å². The van der Waals surface area contributed by atoms with Crippen LogP contribution in [0.2, 0.25) is 0 Å². The molecule has 0 fully saturated rings. The fraction of sp³-hybridized carbons (Fsp3) is 0.111. The van der Waals surface area contributed by atoms with Crippen molar-refractivity contribution in [2.24, 2.45) is 0 Å². The van der Waals surface area contributed by atoms with Crippen molar-refractivity contribution in [1.29, 1.82) is 0 Å². The van der Waals surface area contributed by atoms with Gasteiger partial charge in [0.25, 0.3) is 5.19 Å². The lowest BCUT2D eigenvalue weighted by Gasteiger charge is -2.05. The van der Waals surface area contributed by atoms with Crippen LogP contribution in [-0.4, -0.2) is 9.36 Å². The van der Waals surface area contributed by atoms with Crippen molar-refractivity contribution >= 4 is 17.2 Å². The molecule has 0 bridgehead atoms. The van der Waals surface area contributed by atoms with Gasteiger partial charge in [0.1, 0.15) is 5.82 Å². The standard InChI is InChI=1S/C9H8FN3OS/c1-5-12-9(15-13-5)14-8-6(10)3-2-4-7(8)11/h2-4H,11H2,1H3. The zero-order chi connectivity index (χ0) is 10.8. The van der Waals surface area contributed by atoms with Gasteiger partial charge >= 0.3 is 0 Å². The Balaban J connectivity index is 2.31. The van der Waals surface area contributed by atoms with Crippen LogP contribution in [0.3, 0.4) is 0 Å². The number of aromatic nitrogens is 2. The van der Waals surface area contributed by atoms with Crippen LogP contribution >= 0.6 is 11.5 Å². The van der Waals surface area contributed by atoms with Gasteiger partial charge in [-0.2, -0.15) is 9.36 Å². The minimum Gasteiger partial charge on any atom is -0.424 e. The molecule has 2 N–H and O–H groups in total. The second-order valence-electron chi connectivity index (χ2n) is 2.87. The number of aryl methyl sites for hydroxylation is 1. The number of rotatable bonds is 2. The van der Waals surface area contributed by atoms with E-state index in [1.807, 2.05) is 0 Å². The molecular formula is C9H8FN3OS. The topological polar surface area (TPSA) is 61.0 Å². The van der Waals surface area contributed by atoms with Crippen molar-refractivity contribution in [3.63, 3.8) is 0 Å². The molecule has 78 valence electrons. The molecule has 1 aromatic heterocycles. The smallest absolute Gasteiger partial charge is 0.298 e. The van der Waals surface area contributed by atoms with Gasteiger partial charge in [-0.15, -0.1) is 0 Å². The van der Waals surface area contributed by atoms with Crippen LogP contribution in [0.15, 0.2) is 18.2 Å². The van der Waals surface area contributed by atoms with E-state index in [0.29, 0.717) is 5.82 Å². The summed E-state index contributed by atoms with van der Waals surface area (Å²) in [6, 6.07) is 4.36. The van der Waals surface area contributed by atoms with Gasteiger partial charge < -0.3 is 10.5 Å². The maximum Gasteiger partial charge on any atom is 0.298 e. The summed E-state index contributed by atoms with van der Waals surface area (Å²) in [7, 11) is 0. The zero-order valence-electron chi connectivity index (χ0n) is 7.90. The number of halogens is 1. The van der Waals surface area contributed by atoms with Crippen LogP contribution in [0.25, 0.3) is 0 Å². The molecular weight excluding hydrogens is 217 g/mol. The average Bonchev–Trinajstić information content (AvgIpc) is 2.58. The molecule has 1 heterocycles. The summed E-state index contributed by atoms with van der Waals surface area (Å²) in [6.07, 6.45) is 0. The molecule has 1 aromatic carbocycles. The first-order valence-electron chi connectivity index (χ1n) is 4.19. The van der Waals surface area contributed by atoms with Crippen LogP contribution in [0.1, 0.15) is 5.82 Å². The van der Waals surface area contributed by atoms with Gasteiger partial charge in [0.05, 0.1) is 5.69 Å². The number of nitrogens with zero attached hydrogens (tertiary/aromatic N) is 2. The molecule has 0 saturated heterocycles. The highest BCUT2D eigenvalue weighted by Crippen LogP contribution is 2.30. The molecule has 15 heavy (non-hydrogen) atoms. The minimum atomic E-state index is -0.511. The SMILES string of the molecule is Cc1nsc(Oc2c(N)cccc2F)n1. The molecule has 0 aliphatic rings. The predicted molar refractivity (Wildman–Crippen MR) is 55.5 cm³/mol. The van der Waals surface area contributed by atoms with Crippen molar-refractivity contribution in [2.45, 2.75) is 6.92 Å². The number of anilines is 1. The van der Waals surface area contributed by atoms with Gasteiger partial charge in [-0.1, -0.05) is 6.07 Å². The molecule has 0 aliphatic carbocycles. The van der Waals surface area contributed by atoms with Gasteiger partial charge in [0.15, 0.2) is 11.6 Å². The Morgan fingerprint density at radius 3 is 2.87 bits per heavy atom. The van der Waals surface area contributed by atoms with E-state index >= 15 is 0 Å². The number of hydrogen-bond donors (Lipinski definition) is 1. The molecule has 2 aromatic rings. The van der Waals surface area contributed by atoms with Crippen LogP contribution in [0, 0.1) is 12.7 Å². The number of nitrogens with two attached hydrogens (primary N) is 1. The zero-order valence-corrected chi connectivity index (χ0v) is 8.71. The second-order valence-corrected chi connectivity index (χ2v) is 3.58. The number of hydrogen-bond acceptors (Lipinski definition) is 5. The molecule has 4 nitrogen and oxygen atoms in total. The number of nitrogen functional groups attached to an aromatic ring is 1. The molecule has 6 heteroatoms. The summed E-state index contributed by atoms with van der Waals surface area (Å²) in [5.74, 6) is 0.0708. The Morgan fingerprint density at radius 2 is 2.27 bits per heavy atom. The summed E-state index contributed by atoms with van der Waals surface area (Å²) in [4.78, 5) is 3.95. The number of benzene rings is 1. The van der Waals surface area contributed by atoms with E-state index < -0.39 is 5.82 Å². The Bertz CT molecular complexity index is 466. The summed E-state index contributed by atoms with van der Waals surface area (Å²) in [5.41, 5.74) is 5.81. The highest BCUT2D eigenvalue weighted by Gasteiger charge is 2.10. The van der Waals surface area contributed by atoms with Crippen molar-refractivity contribution < 1.29 is 9.13 Å². The summed E-state index contributed by atoms with van der Waals surface area (Å²) in [5, 5.41) is 0.282. The van der Waals surface area contributed by atoms with Gasteiger partial charge in [-0.05, 0) is 19.1 Å². The third-order valence-corrected chi connectivity index (χ3v) is 2.38. The molecule has 0 spiro atoms. The summed E-state index contributed by atoms with van der Waals surface area (Å²) >= 11 is 1.06. The van der Waals surface area contributed by atoms with E-state index in [1.54, 1.807) is 13.0 Å². The molecule has 0 aliphatic heterocycles. The van der Waals surface area contributed by atoms with E-state index in [2.05, 4.69) is 9.36 Å². The Morgan fingerprint density at radius 1 is 1.47 bits per heavy atom. The average molecular weight is 225 g/mol. The Hall–Kier alpha value is -1.69. The number of ether oxygens (including phenoxy) is 1. The summed E-state index contributed by atoms with van der Waals surface area (Å²) in [6.45, 7) is 1.73. The fourth-order valence-corrected chi connectivity index (χ4v) is 1.58. The van der Waals surface area contributed by atoms with Crippen molar-refractivity contribution in [3.05, 3.63) is 29.8 Å². The van der Waals surface area contributed by atoms with E-state index in [4.69, 9.17) is 10.5 Å². The lowest BCUT2D eigenvalue weighted by atomic mass is 10.3. The van der Waals surface area contributed by atoms with Crippen LogP contribution in [0.4, 0.5) is 10.1 Å². The van der Waals surface area contributed by atoms with Gasteiger partial charge in [0, 0.05) is 11.5 Å². The lowest BCUT2D eigenvalue weighted by molar-refractivity contribution is 0.441. The number of para-hydroxylation sites is 1. The third-order valence-electron chi connectivity index (χ3n) is 1.70. The van der Waals surface area contributed by atoms with Crippen LogP contribution in [0.5, 0.6) is 10.9 Å².